The summed E-state index contributed by atoms with van der Waals surface area (Å²) in [6.45, 7) is 0.850. The summed E-state index contributed by atoms with van der Waals surface area (Å²) in [5.41, 5.74) is 1.77. The Hall–Kier alpha value is -0.380. The Bertz CT molecular complexity index is 367. The van der Waals surface area contributed by atoms with Gasteiger partial charge in [0.25, 0.3) is 0 Å². The van der Waals surface area contributed by atoms with Gasteiger partial charge in [-0.2, -0.15) is 0 Å². The minimum atomic E-state index is -0.623. The van der Waals surface area contributed by atoms with Crippen molar-refractivity contribution >= 4 is 15.9 Å². The van der Waals surface area contributed by atoms with E-state index in [1.165, 1.54) is 5.56 Å². The standard InChI is InChI=1S/C12H16BrNO/c1-14-7-6-12(15)5-4-9-2-3-10(13)8-11(9)12/h2-3,8,14-15H,4-7H2,1H3. The topological polar surface area (TPSA) is 32.3 Å². The molecule has 1 aromatic carbocycles. The van der Waals surface area contributed by atoms with Crippen molar-refractivity contribution in [3.05, 3.63) is 33.8 Å². The monoisotopic (exact) mass is 269 g/mol. The van der Waals surface area contributed by atoms with Gasteiger partial charge in [-0.25, -0.2) is 0 Å². The molecule has 0 amide bonds. The van der Waals surface area contributed by atoms with Crippen LogP contribution in [0.5, 0.6) is 0 Å². The van der Waals surface area contributed by atoms with Crippen LogP contribution in [0.25, 0.3) is 0 Å². The number of hydrogen-bond donors (Lipinski definition) is 2. The van der Waals surface area contributed by atoms with Gasteiger partial charge in [0, 0.05) is 4.47 Å². The van der Waals surface area contributed by atoms with Gasteiger partial charge in [0.2, 0.25) is 0 Å². The predicted molar refractivity (Wildman–Crippen MR) is 64.9 cm³/mol. The van der Waals surface area contributed by atoms with Crippen LogP contribution in [0.4, 0.5) is 0 Å². The molecular weight excluding hydrogens is 254 g/mol. The third-order valence-corrected chi connectivity index (χ3v) is 3.66. The summed E-state index contributed by atoms with van der Waals surface area (Å²) in [5.74, 6) is 0. The molecule has 2 N–H and O–H groups in total. The maximum atomic E-state index is 10.5. The van der Waals surface area contributed by atoms with E-state index in [0.29, 0.717) is 0 Å². The van der Waals surface area contributed by atoms with Crippen LogP contribution in [0.2, 0.25) is 0 Å². The number of aryl methyl sites for hydroxylation is 1. The summed E-state index contributed by atoms with van der Waals surface area (Å²) in [4.78, 5) is 0. The molecule has 0 bridgehead atoms. The Morgan fingerprint density at radius 1 is 1.53 bits per heavy atom. The van der Waals surface area contributed by atoms with Crippen molar-refractivity contribution in [2.75, 3.05) is 13.6 Å². The van der Waals surface area contributed by atoms with Gasteiger partial charge in [0.05, 0.1) is 5.60 Å². The zero-order chi connectivity index (χ0) is 10.9. The lowest BCUT2D eigenvalue weighted by Crippen LogP contribution is -2.27. The predicted octanol–water partition coefficient (Wildman–Crippen LogP) is 2.19. The first-order chi connectivity index (χ1) is 7.15. The molecule has 1 atom stereocenters. The van der Waals surface area contributed by atoms with E-state index in [1.807, 2.05) is 13.1 Å². The highest BCUT2D eigenvalue weighted by molar-refractivity contribution is 9.10. The second-order valence-corrected chi connectivity index (χ2v) is 5.10. The quantitative estimate of drug-likeness (QED) is 0.882. The van der Waals surface area contributed by atoms with Crippen molar-refractivity contribution in [1.82, 2.24) is 5.32 Å². The largest absolute Gasteiger partial charge is 0.385 e. The summed E-state index contributed by atoms with van der Waals surface area (Å²) in [6.07, 6.45) is 2.62. The normalized spacial score (nSPS) is 24.2. The van der Waals surface area contributed by atoms with Gasteiger partial charge in [-0.1, -0.05) is 22.0 Å². The van der Waals surface area contributed by atoms with Crippen molar-refractivity contribution in [3.8, 4) is 0 Å². The third kappa shape index (κ3) is 2.10. The molecule has 3 heteroatoms. The summed E-state index contributed by atoms with van der Waals surface area (Å²) >= 11 is 3.46. The van der Waals surface area contributed by atoms with Gasteiger partial charge in [0.15, 0.2) is 0 Å². The number of halogens is 1. The number of fused-ring (bicyclic) bond motifs is 1. The molecule has 0 fully saturated rings. The van der Waals surface area contributed by atoms with Crippen LogP contribution >= 0.6 is 15.9 Å². The summed E-state index contributed by atoms with van der Waals surface area (Å²) in [6, 6.07) is 6.21. The Kier molecular flexibility index (Phi) is 3.14. The SMILES string of the molecule is CNCCC1(O)CCc2ccc(Br)cc21. The lowest BCUT2D eigenvalue weighted by molar-refractivity contribution is 0.0302. The van der Waals surface area contributed by atoms with Crippen molar-refractivity contribution in [1.29, 1.82) is 0 Å². The molecule has 0 spiro atoms. The Balaban J connectivity index is 2.29. The van der Waals surface area contributed by atoms with E-state index in [4.69, 9.17) is 0 Å². The number of nitrogens with one attached hydrogen (secondary N) is 1. The Labute approximate surface area is 98.8 Å². The van der Waals surface area contributed by atoms with Gasteiger partial charge in [0.1, 0.15) is 0 Å². The van der Waals surface area contributed by atoms with Gasteiger partial charge in [-0.05, 0) is 56.1 Å². The first-order valence-electron chi connectivity index (χ1n) is 5.31. The lowest BCUT2D eigenvalue weighted by Gasteiger charge is -2.24. The van der Waals surface area contributed by atoms with Gasteiger partial charge < -0.3 is 10.4 Å². The molecule has 0 heterocycles. The fraction of sp³-hybridized carbons (Fsp3) is 0.500. The average molecular weight is 270 g/mol. The minimum Gasteiger partial charge on any atom is -0.385 e. The highest BCUT2D eigenvalue weighted by atomic mass is 79.9. The molecule has 2 rings (SSSR count). The molecule has 0 saturated heterocycles. The highest BCUT2D eigenvalue weighted by Crippen LogP contribution is 2.40. The molecule has 2 nitrogen and oxygen atoms in total. The highest BCUT2D eigenvalue weighted by Gasteiger charge is 2.35. The van der Waals surface area contributed by atoms with Crippen LogP contribution in [0.1, 0.15) is 24.0 Å². The van der Waals surface area contributed by atoms with Gasteiger partial charge >= 0.3 is 0 Å². The van der Waals surface area contributed by atoms with E-state index in [0.717, 1.165) is 35.8 Å². The second-order valence-electron chi connectivity index (χ2n) is 4.19. The van der Waals surface area contributed by atoms with Crippen LogP contribution in [-0.2, 0) is 12.0 Å². The van der Waals surface area contributed by atoms with E-state index >= 15 is 0 Å². The van der Waals surface area contributed by atoms with E-state index in [1.54, 1.807) is 0 Å². The number of rotatable bonds is 3. The van der Waals surface area contributed by atoms with E-state index in [2.05, 4.69) is 33.4 Å². The molecule has 15 heavy (non-hydrogen) atoms. The van der Waals surface area contributed by atoms with Crippen LogP contribution < -0.4 is 5.32 Å². The molecule has 1 aliphatic carbocycles. The lowest BCUT2D eigenvalue weighted by atomic mass is 9.92. The molecule has 0 aliphatic heterocycles. The molecule has 0 aromatic heterocycles. The summed E-state index contributed by atoms with van der Waals surface area (Å²) in [5, 5.41) is 13.6. The minimum absolute atomic E-state index is 0.623. The van der Waals surface area contributed by atoms with Gasteiger partial charge in [-0.15, -0.1) is 0 Å². The summed E-state index contributed by atoms with van der Waals surface area (Å²) < 4.78 is 1.05. The molecule has 1 aromatic rings. The zero-order valence-corrected chi connectivity index (χ0v) is 10.5. The first kappa shape index (κ1) is 11.1. The molecule has 82 valence electrons. The van der Waals surface area contributed by atoms with Crippen LogP contribution in [0.3, 0.4) is 0 Å². The Morgan fingerprint density at radius 3 is 3.07 bits per heavy atom. The van der Waals surface area contributed by atoms with E-state index in [9.17, 15) is 5.11 Å². The Morgan fingerprint density at radius 2 is 2.33 bits per heavy atom. The average Bonchev–Trinajstić information content (AvgIpc) is 2.55. The van der Waals surface area contributed by atoms with Gasteiger partial charge in [-0.3, -0.25) is 0 Å². The number of hydrogen-bond acceptors (Lipinski definition) is 2. The van der Waals surface area contributed by atoms with Crippen LogP contribution in [0, 0.1) is 0 Å². The smallest absolute Gasteiger partial charge is 0.0914 e. The van der Waals surface area contributed by atoms with Crippen molar-refractivity contribution in [2.24, 2.45) is 0 Å². The van der Waals surface area contributed by atoms with Crippen LogP contribution in [0.15, 0.2) is 22.7 Å². The fourth-order valence-corrected chi connectivity index (χ4v) is 2.63. The molecule has 0 saturated carbocycles. The molecule has 1 aliphatic rings. The maximum absolute atomic E-state index is 10.5. The first-order valence-corrected chi connectivity index (χ1v) is 6.11. The number of benzene rings is 1. The molecule has 1 unspecified atom stereocenters. The molecular formula is C12H16BrNO. The van der Waals surface area contributed by atoms with Crippen LogP contribution in [-0.4, -0.2) is 18.7 Å². The van der Waals surface area contributed by atoms with E-state index < -0.39 is 5.60 Å². The fourth-order valence-electron chi connectivity index (χ4n) is 2.27. The number of aliphatic hydroxyl groups is 1. The van der Waals surface area contributed by atoms with Crippen molar-refractivity contribution in [2.45, 2.75) is 24.9 Å². The zero-order valence-electron chi connectivity index (χ0n) is 8.89. The molecule has 0 radical (unpaired) electrons. The second kappa shape index (κ2) is 4.24. The van der Waals surface area contributed by atoms with Crippen molar-refractivity contribution < 1.29 is 5.11 Å². The van der Waals surface area contributed by atoms with E-state index in [-0.39, 0.29) is 0 Å². The van der Waals surface area contributed by atoms with Crippen molar-refractivity contribution in [3.63, 3.8) is 0 Å². The summed E-state index contributed by atoms with van der Waals surface area (Å²) in [7, 11) is 1.92. The maximum Gasteiger partial charge on any atom is 0.0914 e. The third-order valence-electron chi connectivity index (χ3n) is 3.17.